The molecule has 0 fully saturated rings. The van der Waals surface area contributed by atoms with Crippen molar-refractivity contribution in [2.45, 2.75) is 26.7 Å². The fraction of sp³-hybridized carbons (Fsp3) is 0.538. The van der Waals surface area contributed by atoms with Crippen LogP contribution in [0.25, 0.3) is 11.0 Å². The summed E-state index contributed by atoms with van der Waals surface area (Å²) in [5.74, 6) is 2.04. The Kier molecular flexibility index (Phi) is 4.91. The molecule has 2 rings (SSSR count). The smallest absolute Gasteiger partial charge is 0.225 e. The van der Waals surface area contributed by atoms with Gasteiger partial charge in [-0.05, 0) is 12.8 Å². The molecule has 114 valence electrons. The highest BCUT2D eigenvalue weighted by atomic mass is 15.2. The van der Waals surface area contributed by atoms with Gasteiger partial charge in [0.1, 0.15) is 11.0 Å². The molecule has 8 heteroatoms. The van der Waals surface area contributed by atoms with Gasteiger partial charge >= 0.3 is 0 Å². The van der Waals surface area contributed by atoms with Crippen LogP contribution in [-0.4, -0.2) is 40.1 Å². The van der Waals surface area contributed by atoms with Crippen LogP contribution in [0.3, 0.4) is 0 Å². The monoisotopic (exact) mass is 290 g/mol. The zero-order chi connectivity index (χ0) is 15.2. The third-order valence-electron chi connectivity index (χ3n) is 2.87. The number of hydrogen-bond acceptors (Lipinski definition) is 8. The molecule has 0 amide bonds. The highest BCUT2D eigenvalue weighted by Gasteiger charge is 2.14. The Morgan fingerprint density at radius 3 is 2.00 bits per heavy atom. The first-order valence-corrected chi connectivity index (χ1v) is 7.20. The lowest BCUT2D eigenvalue weighted by Gasteiger charge is -2.12. The van der Waals surface area contributed by atoms with E-state index in [2.05, 4.69) is 49.7 Å². The van der Waals surface area contributed by atoms with Crippen molar-refractivity contribution in [1.82, 2.24) is 19.9 Å². The molecule has 2 aromatic rings. The van der Waals surface area contributed by atoms with Crippen LogP contribution in [0, 0.1) is 0 Å². The minimum absolute atomic E-state index is 0.210. The van der Waals surface area contributed by atoms with Crippen molar-refractivity contribution in [2.24, 2.45) is 0 Å². The topological polar surface area (TPSA) is 114 Å². The van der Waals surface area contributed by atoms with Gasteiger partial charge in [-0.3, -0.25) is 0 Å². The number of hydrogen-bond donors (Lipinski definition) is 4. The van der Waals surface area contributed by atoms with Crippen molar-refractivity contribution < 1.29 is 0 Å². The molecule has 0 spiro atoms. The fourth-order valence-electron chi connectivity index (χ4n) is 1.88. The van der Waals surface area contributed by atoms with Crippen molar-refractivity contribution >= 4 is 34.6 Å². The van der Waals surface area contributed by atoms with E-state index in [0.717, 1.165) is 25.9 Å². The second kappa shape index (κ2) is 6.87. The van der Waals surface area contributed by atoms with Gasteiger partial charge in [0.25, 0.3) is 0 Å². The molecule has 0 bridgehead atoms. The highest BCUT2D eigenvalue weighted by Crippen LogP contribution is 2.26. The lowest BCUT2D eigenvalue weighted by molar-refractivity contribution is 0.961. The van der Waals surface area contributed by atoms with Crippen LogP contribution in [0.4, 0.5) is 23.5 Å². The molecule has 0 unspecified atom stereocenters. The number of rotatable bonds is 7. The van der Waals surface area contributed by atoms with Gasteiger partial charge in [-0.2, -0.15) is 9.97 Å². The standard InChI is InChI=1S/C13H22N8/c1-4-6-16-10-9-8(18-12(14)20-10)11(17-7-5-2)21-13(15-3)19-9/h4-7H2,1-3H3,(H3,14,16,18,20)(H2,15,17,19,21). The number of nitrogens with one attached hydrogen (secondary N) is 3. The van der Waals surface area contributed by atoms with E-state index in [1.54, 1.807) is 7.05 Å². The van der Waals surface area contributed by atoms with Gasteiger partial charge in [-0.25, -0.2) is 9.97 Å². The molecule has 0 radical (unpaired) electrons. The highest BCUT2D eigenvalue weighted by molar-refractivity contribution is 5.94. The molecule has 2 heterocycles. The molecule has 0 saturated carbocycles. The molecule has 0 saturated heterocycles. The van der Waals surface area contributed by atoms with E-state index >= 15 is 0 Å². The number of fused-ring (bicyclic) bond motifs is 1. The quantitative estimate of drug-likeness (QED) is 0.609. The summed E-state index contributed by atoms with van der Waals surface area (Å²) in [6.07, 6.45) is 1.97. The predicted octanol–water partition coefficient (Wildman–Crippen LogP) is 1.69. The van der Waals surface area contributed by atoms with Gasteiger partial charge in [0.2, 0.25) is 11.9 Å². The lowest BCUT2D eigenvalue weighted by Crippen LogP contribution is -2.11. The van der Waals surface area contributed by atoms with Gasteiger partial charge in [-0.1, -0.05) is 13.8 Å². The number of nitrogens with two attached hydrogens (primary N) is 1. The average molecular weight is 290 g/mol. The van der Waals surface area contributed by atoms with Crippen LogP contribution in [-0.2, 0) is 0 Å². The Hall–Kier alpha value is -2.38. The third kappa shape index (κ3) is 3.39. The first-order valence-electron chi connectivity index (χ1n) is 7.20. The van der Waals surface area contributed by atoms with E-state index in [4.69, 9.17) is 5.73 Å². The summed E-state index contributed by atoms with van der Waals surface area (Å²) >= 11 is 0. The van der Waals surface area contributed by atoms with E-state index in [9.17, 15) is 0 Å². The minimum atomic E-state index is 0.210. The molecule has 21 heavy (non-hydrogen) atoms. The van der Waals surface area contributed by atoms with Crippen molar-refractivity contribution in [2.75, 3.05) is 41.8 Å². The Morgan fingerprint density at radius 1 is 0.857 bits per heavy atom. The van der Waals surface area contributed by atoms with Crippen LogP contribution >= 0.6 is 0 Å². The first kappa shape index (κ1) is 15.0. The summed E-state index contributed by atoms with van der Waals surface area (Å²) < 4.78 is 0. The largest absolute Gasteiger partial charge is 0.368 e. The van der Waals surface area contributed by atoms with Crippen molar-refractivity contribution in [3.8, 4) is 0 Å². The van der Waals surface area contributed by atoms with Crippen LogP contribution < -0.4 is 21.7 Å². The number of nitrogens with zero attached hydrogens (tertiary/aromatic N) is 4. The summed E-state index contributed by atoms with van der Waals surface area (Å²) in [6.45, 7) is 5.77. The molecule has 5 N–H and O–H groups in total. The van der Waals surface area contributed by atoms with Crippen molar-refractivity contribution in [3.05, 3.63) is 0 Å². The molecular formula is C13H22N8. The molecule has 2 aromatic heterocycles. The van der Waals surface area contributed by atoms with Gasteiger partial charge in [0.15, 0.2) is 11.6 Å². The molecule has 0 aromatic carbocycles. The maximum absolute atomic E-state index is 5.80. The Morgan fingerprint density at radius 2 is 1.43 bits per heavy atom. The summed E-state index contributed by atoms with van der Waals surface area (Å²) in [5.41, 5.74) is 7.10. The van der Waals surface area contributed by atoms with Crippen LogP contribution in [0.2, 0.25) is 0 Å². The zero-order valence-corrected chi connectivity index (χ0v) is 12.7. The number of aromatic nitrogens is 4. The number of nitrogen functional groups attached to an aromatic ring is 1. The normalized spacial score (nSPS) is 10.6. The van der Waals surface area contributed by atoms with Gasteiger partial charge in [0, 0.05) is 20.1 Å². The average Bonchev–Trinajstić information content (AvgIpc) is 2.50. The molecule has 8 nitrogen and oxygen atoms in total. The molecule has 0 aliphatic rings. The van der Waals surface area contributed by atoms with Gasteiger partial charge in [0.05, 0.1) is 0 Å². The summed E-state index contributed by atoms with van der Waals surface area (Å²) in [7, 11) is 1.78. The predicted molar refractivity (Wildman–Crippen MR) is 86.6 cm³/mol. The Bertz CT molecular complexity index is 613. The second-order valence-corrected chi connectivity index (χ2v) is 4.63. The molecule has 0 aliphatic heterocycles. The summed E-state index contributed by atoms with van der Waals surface area (Å²) in [4.78, 5) is 17.4. The van der Waals surface area contributed by atoms with Gasteiger partial charge < -0.3 is 21.7 Å². The molecule has 0 aliphatic carbocycles. The van der Waals surface area contributed by atoms with Crippen LogP contribution in [0.5, 0.6) is 0 Å². The van der Waals surface area contributed by atoms with E-state index in [1.807, 2.05) is 0 Å². The second-order valence-electron chi connectivity index (χ2n) is 4.63. The number of anilines is 4. The molecular weight excluding hydrogens is 268 g/mol. The van der Waals surface area contributed by atoms with Crippen LogP contribution in [0.1, 0.15) is 26.7 Å². The van der Waals surface area contributed by atoms with E-state index in [-0.39, 0.29) is 5.95 Å². The van der Waals surface area contributed by atoms with Crippen LogP contribution in [0.15, 0.2) is 0 Å². The molecule has 0 atom stereocenters. The fourth-order valence-corrected chi connectivity index (χ4v) is 1.88. The zero-order valence-electron chi connectivity index (χ0n) is 12.7. The Labute approximate surface area is 124 Å². The van der Waals surface area contributed by atoms with E-state index in [0.29, 0.717) is 28.6 Å². The minimum Gasteiger partial charge on any atom is -0.368 e. The van der Waals surface area contributed by atoms with E-state index in [1.165, 1.54) is 0 Å². The summed E-state index contributed by atoms with van der Waals surface area (Å²) in [5, 5.41) is 9.45. The third-order valence-corrected chi connectivity index (χ3v) is 2.87. The van der Waals surface area contributed by atoms with Gasteiger partial charge in [-0.15, -0.1) is 0 Å². The maximum Gasteiger partial charge on any atom is 0.225 e. The van der Waals surface area contributed by atoms with Crippen molar-refractivity contribution in [3.63, 3.8) is 0 Å². The van der Waals surface area contributed by atoms with Crippen molar-refractivity contribution in [1.29, 1.82) is 0 Å². The van der Waals surface area contributed by atoms with E-state index < -0.39 is 0 Å². The lowest BCUT2D eigenvalue weighted by atomic mass is 10.3. The summed E-state index contributed by atoms with van der Waals surface area (Å²) in [6, 6.07) is 0. The Balaban J connectivity index is 2.58. The first-order chi connectivity index (χ1) is 10.2. The SMILES string of the molecule is CCCNc1nc(NC)nc2c(NCCC)nc(N)nc12. The maximum atomic E-state index is 5.80.